The number of benzene rings is 2. The summed E-state index contributed by atoms with van der Waals surface area (Å²) >= 11 is 0. The number of hydrogen-bond donors (Lipinski definition) is 2. The van der Waals surface area contributed by atoms with Gasteiger partial charge in [0.25, 0.3) is 5.69 Å². The molecule has 0 spiro atoms. The third-order valence-corrected chi connectivity index (χ3v) is 3.52. The van der Waals surface area contributed by atoms with E-state index in [1.165, 1.54) is 24.4 Å². The SMILES string of the molecule is CCCOc1cc(O)c(C=Nc2cc(O)ccc2[N+](=O)[O-])c(OCCC)c1. The lowest BCUT2D eigenvalue weighted by molar-refractivity contribution is -0.384. The molecule has 0 aliphatic carbocycles. The molecule has 8 nitrogen and oxygen atoms in total. The molecule has 0 amide bonds. The number of hydrogen-bond acceptors (Lipinski definition) is 7. The van der Waals surface area contributed by atoms with Crippen LogP contribution in [0.3, 0.4) is 0 Å². The van der Waals surface area contributed by atoms with E-state index in [-0.39, 0.29) is 28.4 Å². The Morgan fingerprint density at radius 2 is 1.81 bits per heavy atom. The van der Waals surface area contributed by atoms with Crippen LogP contribution in [0.5, 0.6) is 23.0 Å². The fourth-order valence-electron chi connectivity index (χ4n) is 2.26. The van der Waals surface area contributed by atoms with E-state index in [1.54, 1.807) is 6.07 Å². The Morgan fingerprint density at radius 1 is 1.11 bits per heavy atom. The lowest BCUT2D eigenvalue weighted by Crippen LogP contribution is -2.01. The Morgan fingerprint density at radius 3 is 2.48 bits per heavy atom. The molecule has 0 fully saturated rings. The van der Waals surface area contributed by atoms with Crippen molar-refractivity contribution in [2.75, 3.05) is 13.2 Å². The van der Waals surface area contributed by atoms with Crippen molar-refractivity contribution >= 4 is 17.6 Å². The van der Waals surface area contributed by atoms with Crippen LogP contribution in [-0.2, 0) is 0 Å². The Balaban J connectivity index is 2.43. The van der Waals surface area contributed by atoms with Crippen molar-refractivity contribution in [1.29, 1.82) is 0 Å². The number of aromatic hydroxyl groups is 2. The number of nitro groups is 1. The molecule has 144 valence electrons. The maximum Gasteiger partial charge on any atom is 0.295 e. The van der Waals surface area contributed by atoms with Gasteiger partial charge in [-0.05, 0) is 18.9 Å². The number of ether oxygens (including phenoxy) is 2. The molecule has 2 rings (SSSR count). The van der Waals surface area contributed by atoms with Crippen LogP contribution in [0.1, 0.15) is 32.3 Å². The van der Waals surface area contributed by atoms with Gasteiger partial charge in [-0.3, -0.25) is 10.1 Å². The molecule has 2 aromatic rings. The molecule has 0 saturated heterocycles. The summed E-state index contributed by atoms with van der Waals surface area (Å²) in [5.74, 6) is 0.541. The molecule has 8 heteroatoms. The van der Waals surface area contributed by atoms with Crippen LogP contribution in [0.2, 0.25) is 0 Å². The zero-order valence-electron chi connectivity index (χ0n) is 15.2. The highest BCUT2D eigenvalue weighted by molar-refractivity contribution is 5.90. The van der Waals surface area contributed by atoms with Gasteiger partial charge in [-0.15, -0.1) is 0 Å². The highest BCUT2D eigenvalue weighted by Crippen LogP contribution is 2.35. The average molecular weight is 374 g/mol. The number of phenols is 2. The first-order chi connectivity index (χ1) is 13.0. The highest BCUT2D eigenvalue weighted by Gasteiger charge is 2.15. The van der Waals surface area contributed by atoms with Crippen LogP contribution in [0.4, 0.5) is 11.4 Å². The van der Waals surface area contributed by atoms with Crippen LogP contribution < -0.4 is 9.47 Å². The summed E-state index contributed by atoms with van der Waals surface area (Å²) in [5.41, 5.74) is -0.0282. The zero-order valence-corrected chi connectivity index (χ0v) is 15.2. The second-order valence-electron chi connectivity index (χ2n) is 5.74. The smallest absolute Gasteiger partial charge is 0.295 e. The first-order valence-electron chi connectivity index (χ1n) is 8.60. The second kappa shape index (κ2) is 9.42. The average Bonchev–Trinajstić information content (AvgIpc) is 2.63. The van der Waals surface area contributed by atoms with Crippen LogP contribution >= 0.6 is 0 Å². The van der Waals surface area contributed by atoms with E-state index in [4.69, 9.17) is 9.47 Å². The van der Waals surface area contributed by atoms with Gasteiger partial charge in [-0.1, -0.05) is 13.8 Å². The third-order valence-electron chi connectivity index (χ3n) is 3.52. The van der Waals surface area contributed by atoms with E-state index >= 15 is 0 Å². The first kappa shape index (κ1) is 20.0. The molecule has 2 N–H and O–H groups in total. The van der Waals surface area contributed by atoms with E-state index in [2.05, 4.69) is 4.99 Å². The van der Waals surface area contributed by atoms with Gasteiger partial charge in [0.2, 0.25) is 0 Å². The number of aliphatic imine (C=N–C) groups is 1. The molecule has 0 unspecified atom stereocenters. The van der Waals surface area contributed by atoms with Gasteiger partial charge in [0.05, 0.1) is 23.7 Å². The van der Waals surface area contributed by atoms with E-state index in [1.807, 2.05) is 13.8 Å². The fraction of sp³-hybridized carbons (Fsp3) is 0.316. The second-order valence-corrected chi connectivity index (χ2v) is 5.74. The van der Waals surface area contributed by atoms with Gasteiger partial charge in [0.1, 0.15) is 28.7 Å². The summed E-state index contributed by atoms with van der Waals surface area (Å²) in [6.45, 7) is 4.83. The molecule has 0 bridgehead atoms. The van der Waals surface area contributed by atoms with E-state index in [9.17, 15) is 20.3 Å². The Kier molecular flexibility index (Phi) is 6.99. The minimum absolute atomic E-state index is 0.0350. The summed E-state index contributed by atoms with van der Waals surface area (Å²) in [5, 5.41) is 31.0. The monoisotopic (exact) mass is 374 g/mol. The maximum absolute atomic E-state index is 11.1. The molecule has 0 aromatic heterocycles. The minimum atomic E-state index is -0.595. The topological polar surface area (TPSA) is 114 Å². The van der Waals surface area contributed by atoms with E-state index in [0.29, 0.717) is 24.7 Å². The number of nitro benzene ring substituents is 1. The van der Waals surface area contributed by atoms with Crippen molar-refractivity contribution in [3.05, 3.63) is 46.0 Å². The van der Waals surface area contributed by atoms with Crippen LogP contribution in [-0.4, -0.2) is 34.6 Å². The van der Waals surface area contributed by atoms with Crippen molar-refractivity contribution in [3.8, 4) is 23.0 Å². The van der Waals surface area contributed by atoms with Crippen molar-refractivity contribution < 1.29 is 24.6 Å². The fourth-order valence-corrected chi connectivity index (χ4v) is 2.26. The van der Waals surface area contributed by atoms with Gasteiger partial charge in [-0.2, -0.15) is 0 Å². The predicted octanol–water partition coefficient (Wildman–Crippen LogP) is 4.33. The summed E-state index contributed by atoms with van der Waals surface area (Å²) in [6.07, 6.45) is 2.84. The predicted molar refractivity (Wildman–Crippen MR) is 102 cm³/mol. The van der Waals surface area contributed by atoms with Crippen molar-refractivity contribution in [2.45, 2.75) is 26.7 Å². The molecular weight excluding hydrogens is 352 g/mol. The molecule has 0 aliphatic heterocycles. The van der Waals surface area contributed by atoms with Gasteiger partial charge in [-0.25, -0.2) is 4.99 Å². The number of nitrogens with zero attached hydrogens (tertiary/aromatic N) is 2. The number of phenolic OH excluding ortho intramolecular Hbond substituents is 2. The molecule has 0 heterocycles. The summed E-state index contributed by atoms with van der Waals surface area (Å²) < 4.78 is 11.2. The largest absolute Gasteiger partial charge is 0.508 e. The third kappa shape index (κ3) is 5.34. The van der Waals surface area contributed by atoms with Crippen molar-refractivity contribution in [1.82, 2.24) is 0 Å². The highest BCUT2D eigenvalue weighted by atomic mass is 16.6. The molecule has 0 radical (unpaired) electrons. The summed E-state index contributed by atoms with van der Waals surface area (Å²) in [6, 6.07) is 6.63. The van der Waals surface area contributed by atoms with E-state index in [0.717, 1.165) is 18.9 Å². The van der Waals surface area contributed by atoms with Gasteiger partial charge < -0.3 is 19.7 Å². The van der Waals surface area contributed by atoms with Crippen molar-refractivity contribution in [2.24, 2.45) is 4.99 Å². The maximum atomic E-state index is 11.1. The van der Waals surface area contributed by atoms with Crippen molar-refractivity contribution in [3.63, 3.8) is 0 Å². The van der Waals surface area contributed by atoms with Crippen LogP contribution in [0.25, 0.3) is 0 Å². The standard InChI is InChI=1S/C19H22N2O6/c1-3-7-26-14-10-18(23)15(19(11-14)27-8-4-2)12-20-16-9-13(22)5-6-17(16)21(24)25/h5-6,9-12,22-23H,3-4,7-8H2,1-2H3. The Labute approximate surface area is 156 Å². The Hall–Kier alpha value is -3.29. The molecule has 0 aliphatic rings. The molecule has 27 heavy (non-hydrogen) atoms. The minimum Gasteiger partial charge on any atom is -0.508 e. The molecule has 0 saturated carbocycles. The zero-order chi connectivity index (χ0) is 19.8. The molecule has 0 atom stereocenters. The molecule has 2 aromatic carbocycles. The summed E-state index contributed by atoms with van der Waals surface area (Å²) in [7, 11) is 0. The summed E-state index contributed by atoms with van der Waals surface area (Å²) in [4.78, 5) is 14.6. The van der Waals surface area contributed by atoms with Crippen LogP contribution in [0, 0.1) is 10.1 Å². The van der Waals surface area contributed by atoms with Gasteiger partial charge >= 0.3 is 0 Å². The lowest BCUT2D eigenvalue weighted by Gasteiger charge is -2.13. The first-order valence-corrected chi connectivity index (χ1v) is 8.60. The quantitative estimate of drug-likeness (QED) is 0.383. The van der Waals surface area contributed by atoms with Gasteiger partial charge in [0, 0.05) is 30.5 Å². The molecular formula is C19H22N2O6. The normalized spacial score (nSPS) is 10.9. The van der Waals surface area contributed by atoms with E-state index < -0.39 is 4.92 Å². The van der Waals surface area contributed by atoms with Gasteiger partial charge in [0.15, 0.2) is 0 Å². The number of rotatable bonds is 9. The van der Waals surface area contributed by atoms with Crippen LogP contribution in [0.15, 0.2) is 35.3 Å². The lowest BCUT2D eigenvalue weighted by atomic mass is 10.1. The Bertz CT molecular complexity index is 835.